The minimum absolute atomic E-state index is 0.0686. The third-order valence-corrected chi connectivity index (χ3v) is 4.04. The van der Waals surface area contributed by atoms with Crippen molar-refractivity contribution >= 4 is 44.8 Å². The van der Waals surface area contributed by atoms with Gasteiger partial charge in [-0.25, -0.2) is 9.97 Å². The van der Waals surface area contributed by atoms with Crippen molar-refractivity contribution in [3.8, 4) is 0 Å². The lowest BCUT2D eigenvalue weighted by Crippen LogP contribution is -2.04. The number of pyridine rings is 1. The number of rotatable bonds is 5. The number of halogens is 1. The number of aliphatic carboxylic acids is 1. The van der Waals surface area contributed by atoms with E-state index < -0.39 is 5.97 Å². The third kappa shape index (κ3) is 3.08. The summed E-state index contributed by atoms with van der Waals surface area (Å²) in [6.07, 6.45) is 3.23. The summed E-state index contributed by atoms with van der Waals surface area (Å²) in [5.41, 5.74) is 1.36. The first kappa shape index (κ1) is 14.1. The molecule has 1 N–H and O–H groups in total. The molecule has 0 spiro atoms. The first-order chi connectivity index (χ1) is 10.1. The van der Waals surface area contributed by atoms with E-state index in [9.17, 15) is 4.79 Å². The number of carboxylic acids is 1. The molecule has 0 amide bonds. The predicted molar refractivity (Wildman–Crippen MR) is 79.2 cm³/mol. The molecule has 0 aromatic carbocycles. The third-order valence-electron chi connectivity index (χ3n) is 2.65. The maximum atomic E-state index is 10.8. The Morgan fingerprint density at radius 2 is 2.38 bits per heavy atom. The molecule has 0 aliphatic heterocycles. The number of nitrogens with zero attached hydrogens (tertiary/aromatic N) is 4. The van der Waals surface area contributed by atoms with Crippen LogP contribution < -0.4 is 0 Å². The number of carboxylic acid groups (broad SMARTS) is 1. The first-order valence-corrected chi connectivity index (χ1v) is 7.67. The summed E-state index contributed by atoms with van der Waals surface area (Å²) in [7, 11) is 0. The lowest BCUT2D eigenvalue weighted by Gasteiger charge is -2.04. The van der Waals surface area contributed by atoms with Crippen LogP contribution in [0.1, 0.15) is 5.76 Å². The number of carbonyl (C=O) groups is 1. The number of imidazole rings is 1. The topological polar surface area (TPSA) is 94.0 Å². The maximum Gasteiger partial charge on any atom is 0.313 e. The molecule has 0 aliphatic rings. The molecule has 3 rings (SSSR count). The Kier molecular flexibility index (Phi) is 3.93. The second-order valence-electron chi connectivity index (χ2n) is 4.14. The molecule has 3 aromatic rings. The van der Waals surface area contributed by atoms with Gasteiger partial charge in [-0.3, -0.25) is 9.36 Å². The summed E-state index contributed by atoms with van der Waals surface area (Å²) in [5, 5.41) is 13.1. The van der Waals surface area contributed by atoms with Gasteiger partial charge in [0.1, 0.15) is 5.52 Å². The van der Waals surface area contributed by atoms with Gasteiger partial charge in [-0.1, -0.05) is 16.9 Å². The molecule has 0 saturated heterocycles. The van der Waals surface area contributed by atoms with Crippen LogP contribution in [0.4, 0.5) is 0 Å². The summed E-state index contributed by atoms with van der Waals surface area (Å²) < 4.78 is 7.73. The molecular weight excluding hydrogens is 360 g/mol. The van der Waals surface area contributed by atoms with Crippen molar-refractivity contribution in [3.63, 3.8) is 0 Å². The molecule has 0 unspecified atom stereocenters. The van der Waals surface area contributed by atoms with E-state index in [1.807, 2.05) is 10.6 Å². The maximum absolute atomic E-state index is 10.8. The van der Waals surface area contributed by atoms with Gasteiger partial charge < -0.3 is 9.63 Å². The van der Waals surface area contributed by atoms with Crippen molar-refractivity contribution in [1.29, 1.82) is 0 Å². The van der Waals surface area contributed by atoms with E-state index in [2.05, 4.69) is 31.1 Å². The minimum atomic E-state index is -0.896. The van der Waals surface area contributed by atoms with Gasteiger partial charge in [0.25, 0.3) is 0 Å². The normalized spacial score (nSPS) is 11.1. The molecule has 3 aromatic heterocycles. The van der Waals surface area contributed by atoms with Crippen molar-refractivity contribution in [1.82, 2.24) is 19.7 Å². The fourth-order valence-corrected chi connectivity index (χ4v) is 2.87. The van der Waals surface area contributed by atoms with Crippen LogP contribution in [0.15, 0.2) is 38.7 Å². The Bertz CT molecular complexity index is 787. The highest BCUT2D eigenvalue weighted by molar-refractivity contribution is 9.10. The zero-order valence-electron chi connectivity index (χ0n) is 10.6. The zero-order chi connectivity index (χ0) is 14.8. The molecule has 0 aliphatic carbocycles. The van der Waals surface area contributed by atoms with Gasteiger partial charge in [-0.05, 0) is 22.0 Å². The SMILES string of the molecule is O=C(O)CSc1nc2cc(Br)cnc2n1Cc1ccno1. The van der Waals surface area contributed by atoms with Crippen LogP contribution in [-0.2, 0) is 11.3 Å². The zero-order valence-corrected chi connectivity index (χ0v) is 13.0. The highest BCUT2D eigenvalue weighted by Gasteiger charge is 2.15. The van der Waals surface area contributed by atoms with Crippen LogP contribution in [0, 0.1) is 0 Å². The summed E-state index contributed by atoms with van der Waals surface area (Å²) >= 11 is 4.49. The molecule has 7 nitrogen and oxygen atoms in total. The average Bonchev–Trinajstić information content (AvgIpc) is 3.05. The van der Waals surface area contributed by atoms with E-state index in [1.54, 1.807) is 18.5 Å². The van der Waals surface area contributed by atoms with E-state index in [0.29, 0.717) is 28.6 Å². The van der Waals surface area contributed by atoms with E-state index in [1.165, 1.54) is 0 Å². The van der Waals surface area contributed by atoms with Gasteiger partial charge in [0.15, 0.2) is 16.6 Å². The van der Waals surface area contributed by atoms with Crippen LogP contribution >= 0.6 is 27.7 Å². The van der Waals surface area contributed by atoms with Crippen LogP contribution in [0.2, 0.25) is 0 Å². The molecule has 108 valence electrons. The molecule has 0 radical (unpaired) electrons. The Hall–Kier alpha value is -1.87. The largest absolute Gasteiger partial charge is 0.481 e. The van der Waals surface area contributed by atoms with Crippen LogP contribution in [0.25, 0.3) is 11.2 Å². The summed E-state index contributed by atoms with van der Waals surface area (Å²) in [4.78, 5) is 19.5. The second-order valence-corrected chi connectivity index (χ2v) is 6.00. The van der Waals surface area contributed by atoms with Gasteiger partial charge in [0.2, 0.25) is 0 Å². The summed E-state index contributed by atoms with van der Waals surface area (Å²) in [6, 6.07) is 3.58. The van der Waals surface area contributed by atoms with Crippen molar-refractivity contribution in [2.45, 2.75) is 11.7 Å². The Labute approximate surface area is 131 Å². The molecule has 0 saturated carbocycles. The average molecular weight is 369 g/mol. The quantitative estimate of drug-likeness (QED) is 0.690. The lowest BCUT2D eigenvalue weighted by molar-refractivity contribution is -0.133. The Morgan fingerprint density at radius 1 is 1.52 bits per heavy atom. The number of fused-ring (bicyclic) bond motifs is 1. The lowest BCUT2D eigenvalue weighted by atomic mass is 10.4. The number of hydrogen-bond donors (Lipinski definition) is 1. The number of aromatic nitrogens is 4. The van der Waals surface area contributed by atoms with Gasteiger partial charge in [0.05, 0.1) is 18.5 Å². The fraction of sp³-hybridized carbons (Fsp3) is 0.167. The van der Waals surface area contributed by atoms with E-state index >= 15 is 0 Å². The molecule has 21 heavy (non-hydrogen) atoms. The van der Waals surface area contributed by atoms with Crippen LogP contribution in [0.3, 0.4) is 0 Å². The Morgan fingerprint density at radius 3 is 3.10 bits per heavy atom. The first-order valence-electron chi connectivity index (χ1n) is 5.89. The van der Waals surface area contributed by atoms with Gasteiger partial charge in [0, 0.05) is 16.7 Å². The van der Waals surface area contributed by atoms with Crippen molar-refractivity contribution in [2.24, 2.45) is 0 Å². The second kappa shape index (κ2) is 5.86. The molecule has 3 heterocycles. The molecule has 0 atom stereocenters. The number of thioether (sulfide) groups is 1. The molecule has 9 heteroatoms. The molecular formula is C12H9BrN4O3S. The highest BCUT2D eigenvalue weighted by atomic mass is 79.9. The van der Waals surface area contributed by atoms with E-state index in [4.69, 9.17) is 9.63 Å². The molecule has 0 fully saturated rings. The highest BCUT2D eigenvalue weighted by Crippen LogP contribution is 2.25. The standard InChI is InChI=1S/C12H9BrN4O3S/c13-7-3-9-11(14-4-7)17(5-8-1-2-15-20-8)12(16-9)21-6-10(18)19/h1-4H,5-6H2,(H,18,19). The Balaban J connectivity index is 2.03. The monoisotopic (exact) mass is 368 g/mol. The van der Waals surface area contributed by atoms with Crippen LogP contribution in [-0.4, -0.2) is 36.5 Å². The van der Waals surface area contributed by atoms with Crippen molar-refractivity contribution < 1.29 is 14.4 Å². The van der Waals surface area contributed by atoms with Gasteiger partial charge in [-0.2, -0.15) is 0 Å². The van der Waals surface area contributed by atoms with E-state index in [0.717, 1.165) is 16.2 Å². The minimum Gasteiger partial charge on any atom is -0.481 e. The van der Waals surface area contributed by atoms with Crippen LogP contribution in [0.5, 0.6) is 0 Å². The number of hydrogen-bond acceptors (Lipinski definition) is 6. The predicted octanol–water partition coefficient (Wildman–Crippen LogP) is 2.41. The smallest absolute Gasteiger partial charge is 0.313 e. The fourth-order valence-electron chi connectivity index (χ4n) is 1.82. The van der Waals surface area contributed by atoms with Gasteiger partial charge in [-0.15, -0.1) is 0 Å². The summed E-state index contributed by atoms with van der Waals surface area (Å²) in [6.45, 7) is 0.396. The van der Waals surface area contributed by atoms with Crippen molar-refractivity contribution in [3.05, 3.63) is 34.8 Å². The van der Waals surface area contributed by atoms with Crippen molar-refractivity contribution in [2.75, 3.05) is 5.75 Å². The summed E-state index contributed by atoms with van der Waals surface area (Å²) in [5.74, 6) is -0.315. The van der Waals surface area contributed by atoms with Gasteiger partial charge >= 0.3 is 5.97 Å². The molecule has 0 bridgehead atoms. The van der Waals surface area contributed by atoms with E-state index in [-0.39, 0.29) is 5.75 Å².